The molecule has 0 heterocycles. The Morgan fingerprint density at radius 3 is 1.92 bits per heavy atom. The molecule has 37 heavy (non-hydrogen) atoms. The van der Waals surface area contributed by atoms with Crippen LogP contribution in [-0.2, 0) is 35.2 Å². The second kappa shape index (κ2) is 14.8. The number of nitrogens with one attached hydrogen (secondary N) is 4. The Hall–Kier alpha value is -3.67. The van der Waals surface area contributed by atoms with Crippen molar-refractivity contribution in [1.29, 1.82) is 0 Å². The lowest BCUT2D eigenvalue weighted by Crippen LogP contribution is -2.58. The zero-order valence-corrected chi connectivity index (χ0v) is 21.8. The van der Waals surface area contributed by atoms with Crippen LogP contribution in [0.4, 0.5) is 0 Å². The molecule has 0 unspecified atom stereocenters. The van der Waals surface area contributed by atoms with Crippen LogP contribution in [0.15, 0.2) is 24.3 Å². The van der Waals surface area contributed by atoms with Crippen molar-refractivity contribution in [3.05, 3.63) is 29.8 Å². The summed E-state index contributed by atoms with van der Waals surface area (Å²) in [5.74, 6) is -5.49. The summed E-state index contributed by atoms with van der Waals surface area (Å²) >= 11 is 5.48. The number of Topliss-reactive ketones (excluding diaryl/α,β-unsaturated/α-hetero) is 1. The molecule has 0 saturated carbocycles. The number of phenols is 1. The number of carbonyl (C=O) groups is 6. The summed E-state index contributed by atoms with van der Waals surface area (Å²) in [7, 11) is 0. The monoisotopic (exact) mass is 540 g/mol. The molecular formula is C24H33ClN4O8. The molecule has 0 bridgehead atoms. The van der Waals surface area contributed by atoms with E-state index in [2.05, 4.69) is 21.3 Å². The van der Waals surface area contributed by atoms with Crippen molar-refractivity contribution < 1.29 is 39.0 Å². The molecule has 0 saturated heterocycles. The van der Waals surface area contributed by atoms with E-state index < -0.39 is 77.8 Å². The fourth-order valence-electron chi connectivity index (χ4n) is 3.29. The second-order valence-electron chi connectivity index (χ2n) is 8.84. The van der Waals surface area contributed by atoms with Crippen molar-refractivity contribution in [2.75, 3.05) is 5.88 Å². The zero-order valence-electron chi connectivity index (χ0n) is 21.0. The van der Waals surface area contributed by atoms with E-state index in [1.165, 1.54) is 26.0 Å². The van der Waals surface area contributed by atoms with E-state index in [0.717, 1.165) is 0 Å². The van der Waals surface area contributed by atoms with Crippen LogP contribution in [0.2, 0.25) is 0 Å². The van der Waals surface area contributed by atoms with Crippen LogP contribution in [0.3, 0.4) is 0 Å². The molecule has 0 aliphatic carbocycles. The highest BCUT2D eigenvalue weighted by atomic mass is 35.5. The van der Waals surface area contributed by atoms with Gasteiger partial charge in [-0.05, 0) is 30.5 Å². The molecule has 0 fully saturated rings. The Kier molecular flexibility index (Phi) is 12.5. The van der Waals surface area contributed by atoms with Gasteiger partial charge in [-0.1, -0.05) is 26.0 Å². The van der Waals surface area contributed by atoms with Gasteiger partial charge in [0.2, 0.25) is 23.6 Å². The van der Waals surface area contributed by atoms with Gasteiger partial charge in [-0.3, -0.25) is 28.8 Å². The lowest BCUT2D eigenvalue weighted by atomic mass is 10.0. The second-order valence-corrected chi connectivity index (χ2v) is 9.11. The van der Waals surface area contributed by atoms with E-state index in [-0.39, 0.29) is 12.2 Å². The highest BCUT2D eigenvalue weighted by Crippen LogP contribution is 2.12. The fourth-order valence-corrected chi connectivity index (χ4v) is 3.48. The van der Waals surface area contributed by atoms with E-state index in [1.54, 1.807) is 26.0 Å². The van der Waals surface area contributed by atoms with Gasteiger partial charge in [-0.25, -0.2) is 0 Å². The molecule has 12 nitrogen and oxygen atoms in total. The van der Waals surface area contributed by atoms with E-state index in [9.17, 15) is 33.9 Å². The first kappa shape index (κ1) is 31.4. The van der Waals surface area contributed by atoms with Gasteiger partial charge < -0.3 is 31.5 Å². The Morgan fingerprint density at radius 2 is 1.43 bits per heavy atom. The number of halogens is 1. The molecule has 0 aromatic heterocycles. The summed E-state index contributed by atoms with van der Waals surface area (Å²) in [4.78, 5) is 72.9. The summed E-state index contributed by atoms with van der Waals surface area (Å²) in [6.07, 6.45) is -0.579. The standard InChI is InChI=1S/C24H33ClN4O8/c1-12(2)21(24(37)26-13(3)22(35)28-17(10-20(33)34)19(32)11-25)29-23(36)18(27-14(4)30)9-15-5-7-16(31)8-6-15/h5-8,12-13,17-18,21,31H,9-11H2,1-4H3,(H,26,37)(H,27,30)(H,28,35)(H,29,36)(H,33,34)/t13-,17-,18-,21+/m1/s1. The molecule has 6 N–H and O–H groups in total. The maximum atomic E-state index is 13.0. The van der Waals surface area contributed by atoms with Gasteiger partial charge in [-0.15, -0.1) is 11.6 Å². The average molecular weight is 541 g/mol. The number of aromatic hydroxyl groups is 1. The van der Waals surface area contributed by atoms with Gasteiger partial charge in [0, 0.05) is 13.3 Å². The summed E-state index contributed by atoms with van der Waals surface area (Å²) in [6.45, 7) is 5.92. The van der Waals surface area contributed by atoms with Crippen molar-refractivity contribution >= 4 is 47.0 Å². The molecule has 4 atom stereocenters. The smallest absolute Gasteiger partial charge is 0.305 e. The molecule has 1 rings (SSSR count). The zero-order chi connectivity index (χ0) is 28.3. The average Bonchev–Trinajstić information content (AvgIpc) is 2.81. The third-order valence-electron chi connectivity index (χ3n) is 5.28. The Labute approximate surface area is 219 Å². The van der Waals surface area contributed by atoms with E-state index in [0.29, 0.717) is 5.56 Å². The number of carboxylic acid groups (broad SMARTS) is 1. The van der Waals surface area contributed by atoms with Crippen molar-refractivity contribution in [1.82, 2.24) is 21.3 Å². The van der Waals surface area contributed by atoms with Crippen LogP contribution in [0.1, 0.15) is 39.7 Å². The molecule has 4 amide bonds. The highest BCUT2D eigenvalue weighted by molar-refractivity contribution is 6.28. The third-order valence-corrected chi connectivity index (χ3v) is 5.55. The fraction of sp³-hybridized carbons (Fsp3) is 0.500. The molecular weight excluding hydrogens is 508 g/mol. The Morgan fingerprint density at radius 1 is 0.838 bits per heavy atom. The van der Waals surface area contributed by atoms with Crippen LogP contribution in [-0.4, -0.2) is 75.6 Å². The first-order valence-electron chi connectivity index (χ1n) is 11.5. The molecule has 13 heteroatoms. The predicted molar refractivity (Wildman–Crippen MR) is 134 cm³/mol. The van der Waals surface area contributed by atoms with Crippen LogP contribution < -0.4 is 21.3 Å². The summed E-state index contributed by atoms with van der Waals surface area (Å²) in [6, 6.07) is 1.43. The quantitative estimate of drug-likeness (QED) is 0.175. The normalized spacial score (nSPS) is 14.0. The SMILES string of the molecule is CC(=O)N[C@H](Cc1ccc(O)cc1)C(=O)N[C@H](C(=O)N[C@H](C)C(=O)N[C@H](CC(=O)O)C(=O)CCl)C(C)C. The number of phenolic OH excluding ortho intramolecular Hbond substituents is 1. The molecule has 0 spiro atoms. The number of carbonyl (C=O) groups excluding carboxylic acids is 5. The van der Waals surface area contributed by atoms with Gasteiger partial charge >= 0.3 is 5.97 Å². The van der Waals surface area contributed by atoms with Gasteiger partial charge in [0.1, 0.15) is 23.9 Å². The number of benzene rings is 1. The number of ketones is 1. The summed E-state index contributed by atoms with van der Waals surface area (Å²) in [5.41, 5.74) is 0.657. The highest BCUT2D eigenvalue weighted by Gasteiger charge is 2.31. The topological polar surface area (TPSA) is 191 Å². The van der Waals surface area contributed by atoms with E-state index >= 15 is 0 Å². The van der Waals surface area contributed by atoms with E-state index in [1.807, 2.05) is 0 Å². The molecule has 0 radical (unpaired) electrons. The van der Waals surface area contributed by atoms with Crippen molar-refractivity contribution in [2.24, 2.45) is 5.92 Å². The van der Waals surface area contributed by atoms with Crippen LogP contribution in [0.5, 0.6) is 5.75 Å². The predicted octanol–water partition coefficient (Wildman–Crippen LogP) is -0.148. The number of hydrogen-bond acceptors (Lipinski definition) is 7. The minimum Gasteiger partial charge on any atom is -0.508 e. The molecule has 204 valence electrons. The molecule has 0 aliphatic rings. The van der Waals surface area contributed by atoms with Crippen LogP contribution in [0.25, 0.3) is 0 Å². The maximum absolute atomic E-state index is 13.0. The van der Waals surface area contributed by atoms with Crippen LogP contribution in [0, 0.1) is 5.92 Å². The lowest BCUT2D eigenvalue weighted by Gasteiger charge is -2.27. The van der Waals surface area contributed by atoms with Gasteiger partial charge in [0.05, 0.1) is 18.3 Å². The number of hydrogen-bond donors (Lipinski definition) is 6. The number of alkyl halides is 1. The van der Waals surface area contributed by atoms with E-state index in [4.69, 9.17) is 16.7 Å². The van der Waals surface area contributed by atoms with Gasteiger partial charge in [0.25, 0.3) is 0 Å². The number of carboxylic acids is 1. The first-order chi connectivity index (χ1) is 17.2. The Balaban J connectivity index is 2.92. The minimum atomic E-state index is -1.36. The van der Waals surface area contributed by atoms with Crippen molar-refractivity contribution in [2.45, 2.75) is 64.7 Å². The molecule has 0 aliphatic heterocycles. The lowest BCUT2D eigenvalue weighted by molar-refractivity contribution is -0.140. The van der Waals surface area contributed by atoms with Gasteiger partial charge in [-0.2, -0.15) is 0 Å². The van der Waals surface area contributed by atoms with Crippen molar-refractivity contribution in [3.63, 3.8) is 0 Å². The number of amides is 4. The van der Waals surface area contributed by atoms with Gasteiger partial charge in [0.15, 0.2) is 5.78 Å². The Bertz CT molecular complexity index is 999. The molecule has 1 aromatic carbocycles. The number of aliphatic carboxylic acids is 1. The minimum absolute atomic E-state index is 0.0419. The van der Waals surface area contributed by atoms with Crippen molar-refractivity contribution in [3.8, 4) is 5.75 Å². The maximum Gasteiger partial charge on any atom is 0.305 e. The first-order valence-corrected chi connectivity index (χ1v) is 12.0. The van der Waals surface area contributed by atoms with Crippen LogP contribution >= 0.6 is 11.6 Å². The summed E-state index contributed by atoms with van der Waals surface area (Å²) < 4.78 is 0. The number of rotatable bonds is 14. The largest absolute Gasteiger partial charge is 0.508 e. The summed E-state index contributed by atoms with van der Waals surface area (Å²) in [5, 5.41) is 28.2. The molecule has 1 aromatic rings. The third kappa shape index (κ3) is 10.9.